The topological polar surface area (TPSA) is 86.9 Å². The normalized spacial score (nSPS) is 12.9. The number of amides is 2. The zero-order valence-corrected chi connectivity index (χ0v) is 12.3. The van der Waals surface area contributed by atoms with E-state index < -0.39 is 6.04 Å². The number of nitrogens with zero attached hydrogens (tertiary/aromatic N) is 1. The van der Waals surface area contributed by atoms with Crippen LogP contribution < -0.4 is 10.6 Å². The van der Waals surface area contributed by atoms with Gasteiger partial charge in [-0.3, -0.25) is 14.7 Å². The number of H-pyrrole nitrogens is 1. The fourth-order valence-corrected chi connectivity index (χ4v) is 1.70. The molecular formula is C13H22N4O2. The minimum absolute atomic E-state index is 0.209. The molecule has 1 rings (SSSR count). The third kappa shape index (κ3) is 4.08. The van der Waals surface area contributed by atoms with Crippen molar-refractivity contribution in [2.45, 2.75) is 53.1 Å². The monoisotopic (exact) mass is 266 g/mol. The Balaban J connectivity index is 2.70. The second-order valence-electron chi connectivity index (χ2n) is 5.74. The van der Waals surface area contributed by atoms with Gasteiger partial charge in [-0.05, 0) is 41.5 Å². The van der Waals surface area contributed by atoms with Crippen molar-refractivity contribution in [2.24, 2.45) is 0 Å². The van der Waals surface area contributed by atoms with E-state index >= 15 is 0 Å². The molecule has 1 aromatic rings. The van der Waals surface area contributed by atoms with Crippen LogP contribution in [0.5, 0.6) is 0 Å². The summed E-state index contributed by atoms with van der Waals surface area (Å²) in [5.74, 6) is -0.500. The average molecular weight is 266 g/mol. The number of hydrogen-bond acceptors (Lipinski definition) is 3. The molecule has 1 heterocycles. The molecule has 2 amide bonds. The number of aromatic nitrogens is 2. The van der Waals surface area contributed by atoms with E-state index in [2.05, 4.69) is 20.8 Å². The summed E-state index contributed by atoms with van der Waals surface area (Å²) in [6, 6.07) is -0.597. The van der Waals surface area contributed by atoms with Gasteiger partial charge in [0.2, 0.25) is 5.91 Å². The zero-order chi connectivity index (χ0) is 14.8. The molecule has 0 aliphatic heterocycles. The van der Waals surface area contributed by atoms with Crippen LogP contribution in [0.2, 0.25) is 0 Å². The first-order valence-corrected chi connectivity index (χ1v) is 6.26. The molecule has 6 nitrogen and oxygen atoms in total. The fraction of sp³-hybridized carbons (Fsp3) is 0.615. The largest absolute Gasteiger partial charge is 0.350 e. The van der Waals surface area contributed by atoms with Gasteiger partial charge in [-0.2, -0.15) is 5.10 Å². The molecule has 106 valence electrons. The lowest BCUT2D eigenvalue weighted by Crippen LogP contribution is -2.50. The molecule has 0 aliphatic rings. The van der Waals surface area contributed by atoms with Crippen molar-refractivity contribution in [3.8, 4) is 0 Å². The van der Waals surface area contributed by atoms with Crippen molar-refractivity contribution in [1.82, 2.24) is 20.8 Å². The van der Waals surface area contributed by atoms with Crippen LogP contribution in [0.4, 0.5) is 0 Å². The van der Waals surface area contributed by atoms with Crippen LogP contribution in [-0.2, 0) is 4.79 Å². The van der Waals surface area contributed by atoms with Gasteiger partial charge in [-0.15, -0.1) is 0 Å². The van der Waals surface area contributed by atoms with Crippen LogP contribution in [0.1, 0.15) is 49.4 Å². The van der Waals surface area contributed by atoms with Crippen molar-refractivity contribution in [2.75, 3.05) is 0 Å². The van der Waals surface area contributed by atoms with E-state index in [1.54, 1.807) is 20.8 Å². The molecule has 0 aliphatic carbocycles. The van der Waals surface area contributed by atoms with E-state index in [0.717, 1.165) is 0 Å². The number of aromatic amines is 1. The summed E-state index contributed by atoms with van der Waals surface area (Å²) >= 11 is 0. The lowest BCUT2D eigenvalue weighted by Gasteiger charge is -2.23. The highest BCUT2D eigenvalue weighted by Crippen LogP contribution is 2.09. The molecule has 0 saturated heterocycles. The van der Waals surface area contributed by atoms with Gasteiger partial charge >= 0.3 is 0 Å². The minimum atomic E-state index is -0.597. The fourth-order valence-electron chi connectivity index (χ4n) is 1.70. The molecular weight excluding hydrogens is 244 g/mol. The lowest BCUT2D eigenvalue weighted by atomic mass is 10.1. The first-order chi connectivity index (χ1) is 8.61. The van der Waals surface area contributed by atoms with E-state index in [4.69, 9.17) is 0 Å². The number of carbonyl (C=O) groups is 2. The molecule has 0 fully saturated rings. The standard InChI is InChI=1S/C13H22N4O2/c1-7-10(8(2)17-16-7)12(19)14-9(3)11(18)15-13(4,5)6/h9H,1-6H3,(H,14,19)(H,15,18)(H,16,17). The van der Waals surface area contributed by atoms with Crippen molar-refractivity contribution in [1.29, 1.82) is 0 Å². The molecule has 1 atom stereocenters. The Morgan fingerprint density at radius 3 is 2.26 bits per heavy atom. The Kier molecular flexibility index (Phi) is 4.34. The third-order valence-corrected chi connectivity index (χ3v) is 2.59. The molecule has 1 aromatic heterocycles. The van der Waals surface area contributed by atoms with Gasteiger partial charge in [-0.1, -0.05) is 0 Å². The van der Waals surface area contributed by atoms with Crippen LogP contribution in [0.25, 0.3) is 0 Å². The Morgan fingerprint density at radius 2 is 1.84 bits per heavy atom. The molecule has 0 radical (unpaired) electrons. The first kappa shape index (κ1) is 15.2. The number of rotatable bonds is 3. The van der Waals surface area contributed by atoms with Crippen LogP contribution in [0.15, 0.2) is 0 Å². The van der Waals surface area contributed by atoms with Gasteiger partial charge < -0.3 is 10.6 Å². The maximum Gasteiger partial charge on any atom is 0.255 e. The highest BCUT2D eigenvalue weighted by Gasteiger charge is 2.23. The smallest absolute Gasteiger partial charge is 0.255 e. The number of nitrogens with one attached hydrogen (secondary N) is 3. The molecule has 6 heteroatoms. The van der Waals surface area contributed by atoms with Crippen LogP contribution in [0, 0.1) is 13.8 Å². The van der Waals surface area contributed by atoms with Crippen LogP contribution in [0.3, 0.4) is 0 Å². The summed E-state index contributed by atoms with van der Waals surface area (Å²) in [4.78, 5) is 24.0. The Labute approximate surface area is 113 Å². The Hall–Kier alpha value is -1.85. The van der Waals surface area contributed by atoms with E-state index in [9.17, 15) is 9.59 Å². The Bertz CT molecular complexity index is 466. The van der Waals surface area contributed by atoms with E-state index in [0.29, 0.717) is 17.0 Å². The second-order valence-corrected chi connectivity index (χ2v) is 5.74. The maximum atomic E-state index is 12.1. The van der Waals surface area contributed by atoms with Crippen molar-refractivity contribution >= 4 is 11.8 Å². The molecule has 0 aromatic carbocycles. The lowest BCUT2D eigenvalue weighted by molar-refractivity contribution is -0.124. The first-order valence-electron chi connectivity index (χ1n) is 6.26. The zero-order valence-electron chi connectivity index (χ0n) is 12.3. The summed E-state index contributed by atoms with van der Waals surface area (Å²) in [5.41, 5.74) is 1.49. The number of aryl methyl sites for hydroxylation is 2. The van der Waals surface area contributed by atoms with Gasteiger partial charge in [0.1, 0.15) is 6.04 Å². The summed E-state index contributed by atoms with van der Waals surface area (Å²) in [5, 5.41) is 12.2. The van der Waals surface area contributed by atoms with Gasteiger partial charge in [0.05, 0.1) is 11.3 Å². The van der Waals surface area contributed by atoms with Crippen molar-refractivity contribution < 1.29 is 9.59 Å². The summed E-state index contributed by atoms with van der Waals surface area (Å²) in [7, 11) is 0. The molecule has 19 heavy (non-hydrogen) atoms. The van der Waals surface area contributed by atoms with E-state index in [1.807, 2.05) is 20.8 Å². The highest BCUT2D eigenvalue weighted by molar-refractivity contribution is 5.99. The number of carbonyl (C=O) groups excluding carboxylic acids is 2. The van der Waals surface area contributed by atoms with Crippen LogP contribution in [-0.4, -0.2) is 33.6 Å². The van der Waals surface area contributed by atoms with Gasteiger partial charge in [-0.25, -0.2) is 0 Å². The van der Waals surface area contributed by atoms with Gasteiger partial charge in [0.15, 0.2) is 0 Å². The summed E-state index contributed by atoms with van der Waals surface area (Å²) in [6.45, 7) is 10.9. The SMILES string of the molecule is Cc1n[nH]c(C)c1C(=O)NC(C)C(=O)NC(C)(C)C. The molecule has 0 saturated carbocycles. The molecule has 1 unspecified atom stereocenters. The van der Waals surface area contributed by atoms with Crippen molar-refractivity contribution in [3.05, 3.63) is 17.0 Å². The van der Waals surface area contributed by atoms with Crippen LogP contribution >= 0.6 is 0 Å². The summed E-state index contributed by atoms with van der Waals surface area (Å²) in [6.07, 6.45) is 0. The van der Waals surface area contributed by atoms with Gasteiger partial charge in [0.25, 0.3) is 5.91 Å². The quantitative estimate of drug-likeness (QED) is 0.764. The minimum Gasteiger partial charge on any atom is -0.350 e. The molecule has 3 N–H and O–H groups in total. The maximum absolute atomic E-state index is 12.1. The predicted octanol–water partition coefficient (Wildman–Crippen LogP) is 1.06. The summed E-state index contributed by atoms with van der Waals surface area (Å²) < 4.78 is 0. The highest BCUT2D eigenvalue weighted by atomic mass is 16.2. The van der Waals surface area contributed by atoms with E-state index in [-0.39, 0.29) is 17.4 Å². The number of hydrogen-bond donors (Lipinski definition) is 3. The Morgan fingerprint density at radius 1 is 1.26 bits per heavy atom. The van der Waals surface area contributed by atoms with Gasteiger partial charge in [0, 0.05) is 11.2 Å². The van der Waals surface area contributed by atoms with E-state index in [1.165, 1.54) is 0 Å². The second kappa shape index (κ2) is 5.42. The predicted molar refractivity (Wildman–Crippen MR) is 72.9 cm³/mol. The average Bonchev–Trinajstić information content (AvgIpc) is 2.55. The third-order valence-electron chi connectivity index (χ3n) is 2.59. The molecule has 0 bridgehead atoms. The molecule has 0 spiro atoms. The van der Waals surface area contributed by atoms with Crippen molar-refractivity contribution in [3.63, 3.8) is 0 Å².